The third-order valence-electron chi connectivity index (χ3n) is 6.25. The van der Waals surface area contributed by atoms with Crippen molar-refractivity contribution in [2.24, 2.45) is 0 Å². The number of thiazole rings is 1. The molecule has 0 bridgehead atoms. The van der Waals surface area contributed by atoms with E-state index in [1.54, 1.807) is 11.6 Å². The molecule has 1 aromatic carbocycles. The number of ether oxygens (including phenoxy) is 3. The maximum atomic E-state index is 11.2. The summed E-state index contributed by atoms with van der Waals surface area (Å²) in [7, 11) is 1.61. The van der Waals surface area contributed by atoms with Gasteiger partial charge in [0.15, 0.2) is 5.76 Å². The van der Waals surface area contributed by atoms with Crippen molar-refractivity contribution in [3.8, 4) is 23.0 Å². The summed E-state index contributed by atoms with van der Waals surface area (Å²) in [6, 6.07) is 5.58. The zero-order valence-corrected chi connectivity index (χ0v) is 22.0. The highest BCUT2D eigenvalue weighted by Crippen LogP contribution is 2.40. The molecule has 1 N–H and O–H groups in total. The molecule has 6 rings (SSSR count). The number of methoxy groups -OCH3 is 1. The van der Waals surface area contributed by atoms with E-state index in [1.807, 2.05) is 50.5 Å². The number of furan rings is 1. The fourth-order valence-electron chi connectivity index (χ4n) is 4.81. The van der Waals surface area contributed by atoms with Crippen molar-refractivity contribution in [3.63, 3.8) is 0 Å². The Hall–Kier alpha value is -2.99. The number of benzene rings is 1. The summed E-state index contributed by atoms with van der Waals surface area (Å²) < 4.78 is 25.3. The van der Waals surface area contributed by atoms with Gasteiger partial charge in [-0.3, -0.25) is 0 Å². The standard InChI is InChI=1S/C25H26N4O5S2/c1-13-8-25(30,9-14(2)33-13)23-26-16(12-35-23)11-32-20-5-17(31-4)6-21-18(20)7-22(34-21)19-10-29-24(27-19)36-15(3)28-29/h5-7,10,12-14,30H,8-9,11H2,1-4H3. The SMILES string of the molecule is COc1cc(OCc2csc(C3(O)CC(C)OC(C)C3)n2)c2cc(-c3cn4nc(C)sc4n3)oc2c1. The van der Waals surface area contributed by atoms with E-state index in [1.165, 1.54) is 22.7 Å². The molecule has 1 fully saturated rings. The molecule has 0 aliphatic carbocycles. The van der Waals surface area contributed by atoms with Crippen LogP contribution in [0.25, 0.3) is 27.4 Å². The van der Waals surface area contributed by atoms with Gasteiger partial charge < -0.3 is 23.7 Å². The van der Waals surface area contributed by atoms with Gasteiger partial charge in [0.1, 0.15) is 45.0 Å². The van der Waals surface area contributed by atoms with Crippen LogP contribution in [0.5, 0.6) is 11.5 Å². The number of fused-ring (bicyclic) bond motifs is 2. The molecule has 9 nitrogen and oxygen atoms in total. The lowest BCUT2D eigenvalue weighted by atomic mass is 9.88. The summed E-state index contributed by atoms with van der Waals surface area (Å²) in [5, 5.41) is 20.1. The van der Waals surface area contributed by atoms with Crippen LogP contribution in [0.3, 0.4) is 0 Å². The lowest BCUT2D eigenvalue weighted by Crippen LogP contribution is -2.41. The molecule has 0 spiro atoms. The fourth-order valence-corrected chi connectivity index (χ4v) is 6.45. The predicted molar refractivity (Wildman–Crippen MR) is 137 cm³/mol. The third kappa shape index (κ3) is 4.26. The summed E-state index contributed by atoms with van der Waals surface area (Å²) in [6.07, 6.45) is 2.87. The van der Waals surface area contributed by atoms with Gasteiger partial charge in [0, 0.05) is 30.4 Å². The molecule has 0 saturated carbocycles. The quantitative estimate of drug-likeness (QED) is 0.317. The van der Waals surface area contributed by atoms with E-state index in [0.717, 1.165) is 21.0 Å². The zero-order valence-electron chi connectivity index (χ0n) is 20.3. The van der Waals surface area contributed by atoms with Gasteiger partial charge in [0.25, 0.3) is 0 Å². The summed E-state index contributed by atoms with van der Waals surface area (Å²) in [4.78, 5) is 10.2. The van der Waals surface area contributed by atoms with Gasteiger partial charge >= 0.3 is 0 Å². The first-order valence-electron chi connectivity index (χ1n) is 11.7. The molecule has 5 heterocycles. The minimum atomic E-state index is -0.978. The number of aryl methyl sites for hydroxylation is 1. The van der Waals surface area contributed by atoms with E-state index >= 15 is 0 Å². The highest BCUT2D eigenvalue weighted by Gasteiger charge is 2.40. The summed E-state index contributed by atoms with van der Waals surface area (Å²) >= 11 is 2.98. The van der Waals surface area contributed by atoms with Gasteiger partial charge in [0.2, 0.25) is 4.96 Å². The highest BCUT2D eigenvalue weighted by molar-refractivity contribution is 7.16. The van der Waals surface area contributed by atoms with E-state index in [4.69, 9.17) is 23.6 Å². The smallest absolute Gasteiger partial charge is 0.212 e. The Morgan fingerprint density at radius 3 is 2.75 bits per heavy atom. The van der Waals surface area contributed by atoms with Crippen molar-refractivity contribution >= 4 is 38.6 Å². The van der Waals surface area contributed by atoms with Crippen molar-refractivity contribution in [1.82, 2.24) is 19.6 Å². The molecule has 5 aromatic rings. The predicted octanol–water partition coefficient (Wildman–Crippen LogP) is 5.33. The number of aromatic nitrogens is 4. The van der Waals surface area contributed by atoms with Gasteiger partial charge in [-0.2, -0.15) is 5.10 Å². The number of hydrogen-bond acceptors (Lipinski definition) is 10. The normalized spacial score (nSPS) is 22.5. The van der Waals surface area contributed by atoms with Gasteiger partial charge in [-0.15, -0.1) is 11.3 Å². The monoisotopic (exact) mass is 526 g/mol. The van der Waals surface area contributed by atoms with Crippen LogP contribution in [0.15, 0.2) is 34.2 Å². The van der Waals surface area contributed by atoms with Crippen molar-refractivity contribution in [1.29, 1.82) is 0 Å². The molecule has 0 amide bonds. The molecule has 2 atom stereocenters. The molecule has 1 aliphatic rings. The Bertz CT molecular complexity index is 1510. The molecular weight excluding hydrogens is 500 g/mol. The van der Waals surface area contributed by atoms with Gasteiger partial charge in [-0.1, -0.05) is 11.3 Å². The fraction of sp³-hybridized carbons (Fsp3) is 0.400. The van der Waals surface area contributed by atoms with Crippen LogP contribution in [0.2, 0.25) is 0 Å². The largest absolute Gasteiger partial charge is 0.496 e. The topological polar surface area (TPSA) is 104 Å². The number of aliphatic hydroxyl groups is 1. The summed E-state index contributed by atoms with van der Waals surface area (Å²) in [5.74, 6) is 1.87. The molecule has 1 aliphatic heterocycles. The van der Waals surface area contributed by atoms with E-state index < -0.39 is 5.60 Å². The molecule has 2 unspecified atom stereocenters. The van der Waals surface area contributed by atoms with E-state index in [-0.39, 0.29) is 18.8 Å². The van der Waals surface area contributed by atoms with Crippen LogP contribution in [0.4, 0.5) is 0 Å². The number of rotatable bonds is 6. The summed E-state index contributed by atoms with van der Waals surface area (Å²) in [5.41, 5.74) is 1.12. The van der Waals surface area contributed by atoms with Crippen LogP contribution in [-0.4, -0.2) is 44.0 Å². The Morgan fingerprint density at radius 1 is 1.19 bits per heavy atom. The van der Waals surface area contributed by atoms with E-state index in [0.29, 0.717) is 46.4 Å². The van der Waals surface area contributed by atoms with Crippen LogP contribution in [0.1, 0.15) is 42.4 Å². The Labute approximate surface area is 215 Å². The van der Waals surface area contributed by atoms with Crippen LogP contribution in [0, 0.1) is 6.92 Å². The van der Waals surface area contributed by atoms with Crippen LogP contribution < -0.4 is 9.47 Å². The Balaban J connectivity index is 1.26. The third-order valence-corrected chi connectivity index (χ3v) is 8.17. The second-order valence-electron chi connectivity index (χ2n) is 9.25. The average molecular weight is 527 g/mol. The minimum absolute atomic E-state index is 0.0198. The molecule has 4 aromatic heterocycles. The second kappa shape index (κ2) is 8.84. The molecular formula is C25H26N4O5S2. The van der Waals surface area contributed by atoms with E-state index in [2.05, 4.69) is 10.1 Å². The molecule has 1 saturated heterocycles. The average Bonchev–Trinajstić information content (AvgIpc) is 3.58. The Morgan fingerprint density at radius 2 is 2.00 bits per heavy atom. The highest BCUT2D eigenvalue weighted by atomic mass is 32.1. The number of nitrogens with zero attached hydrogens (tertiary/aromatic N) is 4. The van der Waals surface area contributed by atoms with E-state index in [9.17, 15) is 5.11 Å². The first kappa shape index (κ1) is 23.4. The first-order chi connectivity index (χ1) is 17.3. The van der Waals surface area contributed by atoms with Crippen molar-refractivity contribution in [2.75, 3.05) is 7.11 Å². The van der Waals surface area contributed by atoms with Crippen molar-refractivity contribution < 1.29 is 23.7 Å². The molecule has 188 valence electrons. The maximum absolute atomic E-state index is 11.2. The maximum Gasteiger partial charge on any atom is 0.212 e. The first-order valence-corrected chi connectivity index (χ1v) is 13.4. The van der Waals surface area contributed by atoms with Gasteiger partial charge in [0.05, 0.1) is 36.6 Å². The van der Waals surface area contributed by atoms with Crippen LogP contribution in [-0.2, 0) is 16.9 Å². The zero-order chi connectivity index (χ0) is 25.0. The number of hydrogen-bond donors (Lipinski definition) is 1. The molecule has 11 heteroatoms. The summed E-state index contributed by atoms with van der Waals surface area (Å²) in [6.45, 7) is 6.17. The van der Waals surface area contributed by atoms with Gasteiger partial charge in [-0.05, 0) is 26.8 Å². The lowest BCUT2D eigenvalue weighted by Gasteiger charge is -2.37. The minimum Gasteiger partial charge on any atom is -0.496 e. The van der Waals surface area contributed by atoms with Gasteiger partial charge in [-0.25, -0.2) is 14.5 Å². The Kier molecular flexibility index (Phi) is 5.75. The van der Waals surface area contributed by atoms with Crippen LogP contribution >= 0.6 is 22.7 Å². The number of imidazole rings is 1. The lowest BCUT2D eigenvalue weighted by molar-refractivity contribution is -0.135. The van der Waals surface area contributed by atoms with Crippen molar-refractivity contribution in [3.05, 3.63) is 45.5 Å². The second-order valence-corrected chi connectivity index (χ2v) is 11.3. The molecule has 36 heavy (non-hydrogen) atoms. The van der Waals surface area contributed by atoms with Crippen molar-refractivity contribution in [2.45, 2.75) is 58.0 Å². The molecule has 0 radical (unpaired) electrons.